The standard InChI is InChI=1S/C14H19BrN4/c1-4-7-19-14(13(16)10(3)18-19)17-12-6-5-11(15)8-9(12)2/h5-6,8,17H,4,7,16H2,1-3H3. The second-order valence-corrected chi connectivity index (χ2v) is 5.57. The average molecular weight is 323 g/mol. The third kappa shape index (κ3) is 2.92. The molecule has 0 unspecified atom stereocenters. The number of hydrogen-bond donors (Lipinski definition) is 2. The summed E-state index contributed by atoms with van der Waals surface area (Å²) in [6.07, 6.45) is 1.02. The van der Waals surface area contributed by atoms with Gasteiger partial charge in [0, 0.05) is 16.7 Å². The zero-order chi connectivity index (χ0) is 14.0. The number of nitrogens with one attached hydrogen (secondary N) is 1. The number of anilines is 3. The molecule has 1 aromatic heterocycles. The van der Waals surface area contributed by atoms with E-state index in [1.54, 1.807) is 0 Å². The molecule has 0 amide bonds. The lowest BCUT2D eigenvalue weighted by Gasteiger charge is -2.12. The van der Waals surface area contributed by atoms with Gasteiger partial charge >= 0.3 is 0 Å². The number of hydrogen-bond acceptors (Lipinski definition) is 3. The number of nitrogens with zero attached hydrogens (tertiary/aromatic N) is 2. The van der Waals surface area contributed by atoms with Gasteiger partial charge in [0.15, 0.2) is 5.82 Å². The van der Waals surface area contributed by atoms with Crippen molar-refractivity contribution in [2.45, 2.75) is 33.7 Å². The molecule has 0 aliphatic heterocycles. The Balaban J connectivity index is 2.37. The molecule has 2 aromatic rings. The van der Waals surface area contributed by atoms with Crippen molar-refractivity contribution >= 4 is 33.1 Å². The summed E-state index contributed by atoms with van der Waals surface area (Å²) in [5.74, 6) is 0.879. The van der Waals surface area contributed by atoms with E-state index in [0.717, 1.165) is 45.9 Å². The van der Waals surface area contributed by atoms with Crippen LogP contribution in [0.25, 0.3) is 0 Å². The Bertz CT molecular complexity index is 589. The van der Waals surface area contributed by atoms with E-state index in [1.807, 2.05) is 23.7 Å². The van der Waals surface area contributed by atoms with Gasteiger partial charge in [0.1, 0.15) is 0 Å². The monoisotopic (exact) mass is 322 g/mol. The van der Waals surface area contributed by atoms with Crippen LogP contribution in [0.4, 0.5) is 17.2 Å². The van der Waals surface area contributed by atoms with Gasteiger partial charge in [-0.25, -0.2) is 4.68 Å². The van der Waals surface area contributed by atoms with Crippen LogP contribution in [0.15, 0.2) is 22.7 Å². The van der Waals surface area contributed by atoms with Crippen LogP contribution in [0.5, 0.6) is 0 Å². The molecular formula is C14H19BrN4. The van der Waals surface area contributed by atoms with Crippen molar-refractivity contribution in [3.8, 4) is 0 Å². The Hall–Kier alpha value is -1.49. The highest BCUT2D eigenvalue weighted by Gasteiger charge is 2.13. The van der Waals surface area contributed by atoms with Gasteiger partial charge in [0.2, 0.25) is 0 Å². The number of halogens is 1. The van der Waals surface area contributed by atoms with Crippen molar-refractivity contribution in [2.24, 2.45) is 0 Å². The lowest BCUT2D eigenvalue weighted by atomic mass is 10.2. The van der Waals surface area contributed by atoms with Crippen LogP contribution in [0.3, 0.4) is 0 Å². The van der Waals surface area contributed by atoms with Crippen molar-refractivity contribution in [1.29, 1.82) is 0 Å². The van der Waals surface area contributed by atoms with Gasteiger partial charge in [-0.3, -0.25) is 0 Å². The largest absolute Gasteiger partial charge is 0.394 e. The van der Waals surface area contributed by atoms with E-state index in [-0.39, 0.29) is 0 Å². The fourth-order valence-corrected chi connectivity index (χ4v) is 2.47. The minimum absolute atomic E-state index is 0.718. The lowest BCUT2D eigenvalue weighted by molar-refractivity contribution is 0.605. The molecule has 0 aliphatic rings. The van der Waals surface area contributed by atoms with E-state index in [0.29, 0.717) is 0 Å². The molecule has 0 fully saturated rings. The zero-order valence-electron chi connectivity index (χ0n) is 11.5. The second kappa shape index (κ2) is 5.65. The Labute approximate surface area is 122 Å². The van der Waals surface area contributed by atoms with Crippen molar-refractivity contribution in [3.05, 3.63) is 33.9 Å². The van der Waals surface area contributed by atoms with Gasteiger partial charge in [-0.1, -0.05) is 22.9 Å². The normalized spacial score (nSPS) is 10.7. The minimum Gasteiger partial charge on any atom is -0.394 e. The Morgan fingerprint density at radius 3 is 2.74 bits per heavy atom. The summed E-state index contributed by atoms with van der Waals surface area (Å²) < 4.78 is 3.01. The number of aromatic nitrogens is 2. The van der Waals surface area contributed by atoms with E-state index in [4.69, 9.17) is 5.73 Å². The first-order valence-electron chi connectivity index (χ1n) is 6.39. The maximum absolute atomic E-state index is 6.11. The highest BCUT2D eigenvalue weighted by molar-refractivity contribution is 9.10. The molecule has 1 heterocycles. The molecule has 0 aliphatic carbocycles. The van der Waals surface area contributed by atoms with E-state index in [9.17, 15) is 0 Å². The second-order valence-electron chi connectivity index (χ2n) is 4.66. The van der Waals surface area contributed by atoms with Gasteiger partial charge < -0.3 is 11.1 Å². The molecule has 102 valence electrons. The molecule has 0 bridgehead atoms. The van der Waals surface area contributed by atoms with Gasteiger partial charge in [0.05, 0.1) is 11.4 Å². The molecule has 2 rings (SSSR count). The van der Waals surface area contributed by atoms with Gasteiger partial charge in [0.25, 0.3) is 0 Å². The van der Waals surface area contributed by atoms with Crippen molar-refractivity contribution in [2.75, 3.05) is 11.1 Å². The molecule has 19 heavy (non-hydrogen) atoms. The molecule has 0 spiro atoms. The van der Waals surface area contributed by atoms with E-state index in [2.05, 4.69) is 46.3 Å². The molecular weight excluding hydrogens is 304 g/mol. The first-order valence-corrected chi connectivity index (χ1v) is 7.18. The van der Waals surface area contributed by atoms with Crippen LogP contribution in [-0.4, -0.2) is 9.78 Å². The summed E-state index contributed by atoms with van der Waals surface area (Å²) in [4.78, 5) is 0. The number of nitrogens with two attached hydrogens (primary N) is 1. The summed E-state index contributed by atoms with van der Waals surface area (Å²) in [7, 11) is 0. The first-order chi connectivity index (χ1) is 9.02. The lowest BCUT2D eigenvalue weighted by Crippen LogP contribution is -2.06. The SMILES string of the molecule is CCCn1nc(C)c(N)c1Nc1ccc(Br)cc1C. The third-order valence-electron chi connectivity index (χ3n) is 3.05. The molecule has 4 nitrogen and oxygen atoms in total. The fraction of sp³-hybridized carbons (Fsp3) is 0.357. The van der Waals surface area contributed by atoms with Crippen LogP contribution in [-0.2, 0) is 6.54 Å². The van der Waals surface area contributed by atoms with E-state index < -0.39 is 0 Å². The van der Waals surface area contributed by atoms with Crippen LogP contribution in [0.1, 0.15) is 24.6 Å². The maximum Gasteiger partial charge on any atom is 0.152 e. The summed E-state index contributed by atoms with van der Waals surface area (Å²) in [6.45, 7) is 6.98. The van der Waals surface area contributed by atoms with Crippen molar-refractivity contribution in [3.63, 3.8) is 0 Å². The Morgan fingerprint density at radius 2 is 2.11 bits per heavy atom. The molecule has 1 aromatic carbocycles. The Kier molecular flexibility index (Phi) is 4.14. The molecule has 0 atom stereocenters. The number of rotatable bonds is 4. The van der Waals surface area contributed by atoms with Crippen molar-refractivity contribution in [1.82, 2.24) is 9.78 Å². The fourth-order valence-electron chi connectivity index (χ4n) is 2.00. The van der Waals surface area contributed by atoms with Gasteiger partial charge in [-0.05, 0) is 44.0 Å². The number of benzene rings is 1. The van der Waals surface area contributed by atoms with Crippen LogP contribution < -0.4 is 11.1 Å². The number of aryl methyl sites for hydroxylation is 3. The Morgan fingerprint density at radius 1 is 1.37 bits per heavy atom. The summed E-state index contributed by atoms with van der Waals surface area (Å²) in [5.41, 5.74) is 9.90. The zero-order valence-corrected chi connectivity index (χ0v) is 13.1. The summed E-state index contributed by atoms with van der Waals surface area (Å²) in [5, 5.41) is 7.86. The predicted octanol–water partition coefficient (Wildman–Crippen LogP) is 4.00. The minimum atomic E-state index is 0.718. The van der Waals surface area contributed by atoms with Gasteiger partial charge in [-0.2, -0.15) is 5.10 Å². The van der Waals surface area contributed by atoms with E-state index >= 15 is 0 Å². The van der Waals surface area contributed by atoms with Crippen LogP contribution in [0.2, 0.25) is 0 Å². The first kappa shape index (κ1) is 13.9. The maximum atomic E-state index is 6.11. The van der Waals surface area contributed by atoms with E-state index in [1.165, 1.54) is 0 Å². The topological polar surface area (TPSA) is 55.9 Å². The summed E-state index contributed by atoms with van der Waals surface area (Å²) >= 11 is 3.47. The third-order valence-corrected chi connectivity index (χ3v) is 3.54. The molecule has 3 N–H and O–H groups in total. The number of nitrogen functional groups attached to an aromatic ring is 1. The quantitative estimate of drug-likeness (QED) is 0.894. The van der Waals surface area contributed by atoms with Crippen molar-refractivity contribution < 1.29 is 0 Å². The average Bonchev–Trinajstić information content (AvgIpc) is 2.61. The van der Waals surface area contributed by atoms with Gasteiger partial charge in [-0.15, -0.1) is 0 Å². The highest BCUT2D eigenvalue weighted by atomic mass is 79.9. The molecule has 0 saturated heterocycles. The molecule has 5 heteroatoms. The molecule has 0 radical (unpaired) electrons. The smallest absolute Gasteiger partial charge is 0.152 e. The molecule has 0 saturated carbocycles. The summed E-state index contributed by atoms with van der Waals surface area (Å²) in [6, 6.07) is 6.13. The highest BCUT2D eigenvalue weighted by Crippen LogP contribution is 2.29. The predicted molar refractivity (Wildman–Crippen MR) is 83.8 cm³/mol. The van der Waals surface area contributed by atoms with Crippen LogP contribution in [0, 0.1) is 13.8 Å². The van der Waals surface area contributed by atoms with Crippen LogP contribution >= 0.6 is 15.9 Å².